The average Bonchev–Trinajstić information content (AvgIpc) is 2.38. The molecule has 98 valence electrons. The molecule has 1 rings (SSSR count). The molecule has 0 heterocycles. The third kappa shape index (κ3) is 5.19. The van der Waals surface area contributed by atoms with Crippen LogP contribution in [0.3, 0.4) is 0 Å². The molecule has 18 heavy (non-hydrogen) atoms. The average molecular weight is 245 g/mol. The SMILES string of the molecule is C=CCNCC=CCOc1ccccc1C(C)C. The molecule has 0 amide bonds. The van der Waals surface area contributed by atoms with E-state index in [0.29, 0.717) is 12.5 Å². The number of para-hydroxylation sites is 1. The predicted molar refractivity (Wildman–Crippen MR) is 78.2 cm³/mol. The summed E-state index contributed by atoms with van der Waals surface area (Å²) in [6.07, 6.45) is 5.96. The van der Waals surface area contributed by atoms with Crippen LogP contribution in [0.15, 0.2) is 49.1 Å². The summed E-state index contributed by atoms with van der Waals surface area (Å²) in [5.41, 5.74) is 1.26. The maximum absolute atomic E-state index is 5.77. The van der Waals surface area contributed by atoms with E-state index in [1.807, 2.05) is 24.3 Å². The lowest BCUT2D eigenvalue weighted by Gasteiger charge is -2.12. The van der Waals surface area contributed by atoms with Gasteiger partial charge in [0, 0.05) is 13.1 Å². The molecule has 1 aromatic carbocycles. The molecule has 0 atom stereocenters. The summed E-state index contributed by atoms with van der Waals surface area (Å²) in [4.78, 5) is 0. The zero-order valence-electron chi connectivity index (χ0n) is 11.4. The van der Waals surface area contributed by atoms with E-state index in [4.69, 9.17) is 4.74 Å². The first-order valence-electron chi connectivity index (χ1n) is 6.44. The van der Waals surface area contributed by atoms with Crippen molar-refractivity contribution in [2.75, 3.05) is 19.7 Å². The number of rotatable bonds is 8. The fourth-order valence-corrected chi connectivity index (χ4v) is 1.65. The molecular formula is C16H23NO. The van der Waals surface area contributed by atoms with Crippen LogP contribution in [0, 0.1) is 0 Å². The van der Waals surface area contributed by atoms with Crippen LogP contribution in [0.1, 0.15) is 25.3 Å². The molecular weight excluding hydrogens is 222 g/mol. The second-order valence-electron chi connectivity index (χ2n) is 4.42. The van der Waals surface area contributed by atoms with Gasteiger partial charge in [0.15, 0.2) is 0 Å². The molecule has 0 aliphatic rings. The quantitative estimate of drug-likeness (QED) is 0.559. The zero-order valence-corrected chi connectivity index (χ0v) is 11.4. The van der Waals surface area contributed by atoms with E-state index < -0.39 is 0 Å². The van der Waals surface area contributed by atoms with Crippen LogP contribution in [-0.4, -0.2) is 19.7 Å². The van der Waals surface area contributed by atoms with Gasteiger partial charge in [-0.1, -0.05) is 50.3 Å². The van der Waals surface area contributed by atoms with Crippen molar-refractivity contribution in [3.05, 3.63) is 54.6 Å². The minimum Gasteiger partial charge on any atom is -0.489 e. The first-order valence-corrected chi connectivity index (χ1v) is 6.44. The highest BCUT2D eigenvalue weighted by atomic mass is 16.5. The summed E-state index contributed by atoms with van der Waals surface area (Å²) >= 11 is 0. The van der Waals surface area contributed by atoms with Gasteiger partial charge in [0.05, 0.1) is 0 Å². The van der Waals surface area contributed by atoms with Crippen molar-refractivity contribution in [2.24, 2.45) is 0 Å². The second-order valence-corrected chi connectivity index (χ2v) is 4.42. The first kappa shape index (κ1) is 14.5. The summed E-state index contributed by atoms with van der Waals surface area (Å²) in [6.45, 7) is 10.3. The normalized spacial score (nSPS) is 11.1. The summed E-state index contributed by atoms with van der Waals surface area (Å²) in [5, 5.41) is 3.20. The highest BCUT2D eigenvalue weighted by Gasteiger charge is 2.05. The molecule has 1 aromatic rings. The van der Waals surface area contributed by atoms with Crippen LogP contribution in [-0.2, 0) is 0 Å². The Morgan fingerprint density at radius 1 is 1.22 bits per heavy atom. The Bertz CT molecular complexity index is 382. The van der Waals surface area contributed by atoms with Gasteiger partial charge in [0.25, 0.3) is 0 Å². The molecule has 0 unspecified atom stereocenters. The number of hydrogen-bond acceptors (Lipinski definition) is 2. The lowest BCUT2D eigenvalue weighted by atomic mass is 10.0. The molecule has 0 saturated heterocycles. The van der Waals surface area contributed by atoms with Crippen LogP contribution in [0.5, 0.6) is 5.75 Å². The predicted octanol–water partition coefficient (Wildman–Crippen LogP) is 3.52. The number of ether oxygens (including phenoxy) is 1. The molecule has 0 radical (unpaired) electrons. The zero-order chi connectivity index (χ0) is 13.2. The van der Waals surface area contributed by atoms with Crippen molar-refractivity contribution >= 4 is 0 Å². The Balaban J connectivity index is 2.37. The highest BCUT2D eigenvalue weighted by molar-refractivity contribution is 5.35. The van der Waals surface area contributed by atoms with E-state index in [2.05, 4.69) is 44.0 Å². The van der Waals surface area contributed by atoms with Gasteiger partial charge in [-0.25, -0.2) is 0 Å². The van der Waals surface area contributed by atoms with Gasteiger partial charge < -0.3 is 10.1 Å². The van der Waals surface area contributed by atoms with Crippen molar-refractivity contribution in [3.63, 3.8) is 0 Å². The Morgan fingerprint density at radius 2 is 2.00 bits per heavy atom. The van der Waals surface area contributed by atoms with Gasteiger partial charge in [0.2, 0.25) is 0 Å². The minimum atomic E-state index is 0.486. The van der Waals surface area contributed by atoms with Crippen LogP contribution in [0.4, 0.5) is 0 Å². The molecule has 0 aliphatic carbocycles. The molecule has 0 aromatic heterocycles. The Kier molecular flexibility index (Phi) is 6.89. The van der Waals surface area contributed by atoms with E-state index in [-0.39, 0.29) is 0 Å². The van der Waals surface area contributed by atoms with Gasteiger partial charge in [-0.2, -0.15) is 0 Å². The van der Waals surface area contributed by atoms with Gasteiger partial charge in [0.1, 0.15) is 12.4 Å². The first-order chi connectivity index (χ1) is 8.75. The molecule has 2 heteroatoms. The fourth-order valence-electron chi connectivity index (χ4n) is 1.65. The Labute approximate surface area is 110 Å². The fraction of sp³-hybridized carbons (Fsp3) is 0.375. The van der Waals surface area contributed by atoms with Gasteiger partial charge in [-0.15, -0.1) is 6.58 Å². The maximum Gasteiger partial charge on any atom is 0.123 e. The van der Waals surface area contributed by atoms with E-state index in [1.54, 1.807) is 0 Å². The monoisotopic (exact) mass is 245 g/mol. The molecule has 0 fully saturated rings. The second kappa shape index (κ2) is 8.54. The van der Waals surface area contributed by atoms with Crippen LogP contribution < -0.4 is 10.1 Å². The van der Waals surface area contributed by atoms with Crippen LogP contribution in [0.25, 0.3) is 0 Å². The van der Waals surface area contributed by atoms with Crippen molar-refractivity contribution in [3.8, 4) is 5.75 Å². The van der Waals surface area contributed by atoms with E-state index in [1.165, 1.54) is 5.56 Å². The third-order valence-electron chi connectivity index (χ3n) is 2.59. The number of nitrogens with one attached hydrogen (secondary N) is 1. The Hall–Kier alpha value is -1.54. The van der Waals surface area contributed by atoms with E-state index in [9.17, 15) is 0 Å². The van der Waals surface area contributed by atoms with Crippen molar-refractivity contribution in [2.45, 2.75) is 19.8 Å². The van der Waals surface area contributed by atoms with Crippen LogP contribution >= 0.6 is 0 Å². The standard InChI is InChI=1S/C16H23NO/c1-4-11-17-12-7-8-13-18-16-10-6-5-9-15(16)14(2)3/h4-10,14,17H,1,11-13H2,2-3H3. The van der Waals surface area contributed by atoms with Gasteiger partial charge >= 0.3 is 0 Å². The van der Waals surface area contributed by atoms with Crippen molar-refractivity contribution in [1.29, 1.82) is 0 Å². The summed E-state index contributed by atoms with van der Waals surface area (Å²) in [6, 6.07) is 8.21. The topological polar surface area (TPSA) is 21.3 Å². The summed E-state index contributed by atoms with van der Waals surface area (Å²) in [7, 11) is 0. The van der Waals surface area contributed by atoms with Gasteiger partial charge in [-0.3, -0.25) is 0 Å². The van der Waals surface area contributed by atoms with Crippen molar-refractivity contribution in [1.82, 2.24) is 5.32 Å². The number of hydrogen-bond donors (Lipinski definition) is 1. The smallest absolute Gasteiger partial charge is 0.123 e. The molecule has 0 bridgehead atoms. The molecule has 0 spiro atoms. The third-order valence-corrected chi connectivity index (χ3v) is 2.59. The highest BCUT2D eigenvalue weighted by Crippen LogP contribution is 2.25. The largest absolute Gasteiger partial charge is 0.489 e. The van der Waals surface area contributed by atoms with E-state index in [0.717, 1.165) is 18.8 Å². The Morgan fingerprint density at radius 3 is 2.72 bits per heavy atom. The maximum atomic E-state index is 5.77. The number of benzene rings is 1. The molecule has 0 aliphatic heterocycles. The lowest BCUT2D eigenvalue weighted by molar-refractivity contribution is 0.357. The molecule has 2 nitrogen and oxygen atoms in total. The minimum absolute atomic E-state index is 0.486. The van der Waals surface area contributed by atoms with E-state index >= 15 is 0 Å². The lowest BCUT2D eigenvalue weighted by Crippen LogP contribution is -2.12. The summed E-state index contributed by atoms with van der Waals surface area (Å²) in [5.74, 6) is 1.47. The van der Waals surface area contributed by atoms with Gasteiger partial charge in [-0.05, 0) is 17.5 Å². The molecule has 0 saturated carbocycles. The van der Waals surface area contributed by atoms with Crippen LogP contribution in [0.2, 0.25) is 0 Å². The molecule has 1 N–H and O–H groups in total. The summed E-state index contributed by atoms with van der Waals surface area (Å²) < 4.78 is 5.77. The van der Waals surface area contributed by atoms with Crippen molar-refractivity contribution < 1.29 is 4.74 Å².